The summed E-state index contributed by atoms with van der Waals surface area (Å²) in [6.45, 7) is 1.65. The molecule has 0 saturated carbocycles. The Kier molecular flexibility index (Phi) is 3.14. The average Bonchev–Trinajstić information content (AvgIpc) is 2.42. The third kappa shape index (κ3) is 2.44. The lowest BCUT2D eigenvalue weighted by Crippen LogP contribution is -2.04. The number of Topliss-reactive ketones (excluding diaryl/α,β-unsaturated/α-hetero) is 1. The molecule has 0 fully saturated rings. The van der Waals surface area contributed by atoms with Gasteiger partial charge in [-0.2, -0.15) is 0 Å². The molecule has 2 rings (SSSR count). The predicted molar refractivity (Wildman–Crippen MR) is 59.9 cm³/mol. The number of ketones is 1. The molecule has 1 aromatic heterocycles. The lowest BCUT2D eigenvalue weighted by molar-refractivity contribution is -0.116. The van der Waals surface area contributed by atoms with Crippen LogP contribution in [-0.2, 0) is 24.1 Å². The quantitative estimate of drug-likeness (QED) is 0.691. The zero-order valence-corrected chi connectivity index (χ0v) is 9.25. The van der Waals surface area contributed by atoms with E-state index in [1.54, 1.807) is 6.92 Å². The Balaban J connectivity index is 2.34. The predicted octanol–water partition coefficient (Wildman–Crippen LogP) is 2.48. The first-order chi connectivity index (χ1) is 7.27. The Labute approximate surface area is 90.7 Å². The number of pyridine rings is 1. The largest absolute Gasteiger partial charge is 0.300 e. The summed E-state index contributed by atoms with van der Waals surface area (Å²) in [6.07, 6.45) is 10.5. The number of aryl methyl sites for hydroxylation is 1. The van der Waals surface area contributed by atoms with E-state index in [9.17, 15) is 4.79 Å². The summed E-state index contributed by atoms with van der Waals surface area (Å²) in [5.74, 6) is 0.231. The van der Waals surface area contributed by atoms with Crippen LogP contribution in [0.15, 0.2) is 12.4 Å². The first kappa shape index (κ1) is 10.3. The molecule has 1 aromatic rings. The van der Waals surface area contributed by atoms with Crippen molar-refractivity contribution < 1.29 is 4.79 Å². The average molecular weight is 203 g/mol. The molecule has 0 atom stereocenters. The molecule has 0 saturated heterocycles. The summed E-state index contributed by atoms with van der Waals surface area (Å²) < 4.78 is 0. The second-order valence-corrected chi connectivity index (χ2v) is 4.38. The molecule has 15 heavy (non-hydrogen) atoms. The van der Waals surface area contributed by atoms with Crippen LogP contribution in [0.4, 0.5) is 0 Å². The van der Waals surface area contributed by atoms with E-state index >= 15 is 0 Å². The van der Waals surface area contributed by atoms with E-state index in [1.165, 1.54) is 30.4 Å². The van der Waals surface area contributed by atoms with Gasteiger partial charge in [0.05, 0.1) is 0 Å². The molecule has 0 N–H and O–H groups in total. The van der Waals surface area contributed by atoms with Crippen LogP contribution < -0.4 is 0 Å². The van der Waals surface area contributed by atoms with Gasteiger partial charge < -0.3 is 0 Å². The van der Waals surface area contributed by atoms with Crippen molar-refractivity contribution in [2.45, 2.75) is 45.4 Å². The molecule has 1 aliphatic carbocycles. The van der Waals surface area contributed by atoms with E-state index in [-0.39, 0.29) is 5.78 Å². The number of carbonyl (C=O) groups excluding carboxylic acids is 1. The van der Waals surface area contributed by atoms with Crippen molar-refractivity contribution in [3.05, 3.63) is 29.1 Å². The molecule has 1 aliphatic rings. The maximum atomic E-state index is 11.2. The molecule has 1 heterocycles. The second-order valence-electron chi connectivity index (χ2n) is 4.38. The van der Waals surface area contributed by atoms with Gasteiger partial charge in [-0.3, -0.25) is 9.78 Å². The smallest absolute Gasteiger partial charge is 0.134 e. The molecule has 0 spiro atoms. The molecule has 2 nitrogen and oxygen atoms in total. The monoisotopic (exact) mass is 203 g/mol. The van der Waals surface area contributed by atoms with Gasteiger partial charge in [0, 0.05) is 18.8 Å². The van der Waals surface area contributed by atoms with Gasteiger partial charge in [0.2, 0.25) is 0 Å². The molecule has 2 heteroatoms. The van der Waals surface area contributed by atoms with Gasteiger partial charge in [0.25, 0.3) is 0 Å². The van der Waals surface area contributed by atoms with Gasteiger partial charge in [-0.15, -0.1) is 0 Å². The molecule has 0 aromatic carbocycles. The Morgan fingerprint density at radius 3 is 2.87 bits per heavy atom. The summed E-state index contributed by atoms with van der Waals surface area (Å²) in [6, 6.07) is 0. The minimum absolute atomic E-state index is 0.231. The molecule has 0 amide bonds. The lowest BCUT2D eigenvalue weighted by atomic mass is 9.97. The van der Waals surface area contributed by atoms with E-state index in [0.717, 1.165) is 18.4 Å². The fourth-order valence-electron chi connectivity index (χ4n) is 2.33. The second kappa shape index (κ2) is 4.56. The summed E-state index contributed by atoms with van der Waals surface area (Å²) in [7, 11) is 0. The van der Waals surface area contributed by atoms with Crippen LogP contribution in [0.3, 0.4) is 0 Å². The maximum Gasteiger partial charge on any atom is 0.134 e. The molecule has 80 valence electrons. The number of nitrogens with zero attached hydrogens (tertiary/aromatic N) is 1. The van der Waals surface area contributed by atoms with Gasteiger partial charge >= 0.3 is 0 Å². The summed E-state index contributed by atoms with van der Waals surface area (Å²) >= 11 is 0. The van der Waals surface area contributed by atoms with Crippen molar-refractivity contribution in [1.82, 2.24) is 4.98 Å². The third-order valence-electron chi connectivity index (χ3n) is 3.05. The normalized spacial score (nSPS) is 15.5. The van der Waals surface area contributed by atoms with Crippen LogP contribution in [0, 0.1) is 0 Å². The van der Waals surface area contributed by atoms with Crippen molar-refractivity contribution >= 4 is 5.78 Å². The van der Waals surface area contributed by atoms with Gasteiger partial charge in [-0.25, -0.2) is 0 Å². The van der Waals surface area contributed by atoms with Crippen LogP contribution in [0.25, 0.3) is 0 Å². The van der Waals surface area contributed by atoms with E-state index < -0.39 is 0 Å². The number of rotatable bonds is 2. The van der Waals surface area contributed by atoms with E-state index in [1.807, 2.05) is 12.4 Å². The topological polar surface area (TPSA) is 30.0 Å². The molecule has 0 bridgehead atoms. The number of aromatic nitrogens is 1. The van der Waals surface area contributed by atoms with Crippen LogP contribution in [0.5, 0.6) is 0 Å². The van der Waals surface area contributed by atoms with Crippen molar-refractivity contribution in [2.75, 3.05) is 0 Å². The standard InChI is InChI=1S/C13H17NO/c1-10(15)7-12-9-14-8-11-5-3-2-4-6-13(11)12/h8-9H,2-7H2,1H3. The summed E-state index contributed by atoms with van der Waals surface area (Å²) in [4.78, 5) is 15.4. The highest BCUT2D eigenvalue weighted by Gasteiger charge is 2.13. The van der Waals surface area contributed by atoms with E-state index in [2.05, 4.69) is 4.98 Å². The minimum Gasteiger partial charge on any atom is -0.300 e. The number of fused-ring (bicyclic) bond motifs is 1. The fraction of sp³-hybridized carbons (Fsp3) is 0.538. The van der Waals surface area contributed by atoms with E-state index in [4.69, 9.17) is 0 Å². The van der Waals surface area contributed by atoms with Crippen LogP contribution in [0.2, 0.25) is 0 Å². The first-order valence-electron chi connectivity index (χ1n) is 5.71. The highest BCUT2D eigenvalue weighted by molar-refractivity contribution is 5.78. The van der Waals surface area contributed by atoms with Crippen molar-refractivity contribution in [1.29, 1.82) is 0 Å². The zero-order chi connectivity index (χ0) is 10.7. The number of hydrogen-bond donors (Lipinski definition) is 0. The fourth-order valence-corrected chi connectivity index (χ4v) is 2.33. The number of carbonyl (C=O) groups is 1. The Morgan fingerprint density at radius 2 is 2.07 bits per heavy atom. The molecular formula is C13H17NO. The first-order valence-corrected chi connectivity index (χ1v) is 5.71. The van der Waals surface area contributed by atoms with Gasteiger partial charge in [-0.05, 0) is 49.3 Å². The van der Waals surface area contributed by atoms with Crippen molar-refractivity contribution in [3.63, 3.8) is 0 Å². The van der Waals surface area contributed by atoms with Gasteiger partial charge in [0.1, 0.15) is 5.78 Å². The molecule has 0 radical (unpaired) electrons. The Bertz CT molecular complexity index is 371. The molecule has 0 aliphatic heterocycles. The van der Waals surface area contributed by atoms with Crippen molar-refractivity contribution in [3.8, 4) is 0 Å². The lowest BCUT2D eigenvalue weighted by Gasteiger charge is -2.10. The Hall–Kier alpha value is -1.18. The SMILES string of the molecule is CC(=O)Cc1cncc2c1CCCCC2. The highest BCUT2D eigenvalue weighted by Crippen LogP contribution is 2.23. The summed E-state index contributed by atoms with van der Waals surface area (Å²) in [5.41, 5.74) is 3.92. The summed E-state index contributed by atoms with van der Waals surface area (Å²) in [5, 5.41) is 0. The minimum atomic E-state index is 0.231. The molecular weight excluding hydrogens is 186 g/mol. The zero-order valence-electron chi connectivity index (χ0n) is 9.25. The van der Waals surface area contributed by atoms with Crippen LogP contribution in [0.1, 0.15) is 42.9 Å². The Morgan fingerprint density at radius 1 is 1.27 bits per heavy atom. The highest BCUT2D eigenvalue weighted by atomic mass is 16.1. The van der Waals surface area contributed by atoms with Crippen molar-refractivity contribution in [2.24, 2.45) is 0 Å². The molecule has 0 unspecified atom stereocenters. The van der Waals surface area contributed by atoms with Gasteiger partial charge in [0.15, 0.2) is 0 Å². The van der Waals surface area contributed by atoms with E-state index in [0.29, 0.717) is 6.42 Å². The van der Waals surface area contributed by atoms with Crippen LogP contribution in [-0.4, -0.2) is 10.8 Å². The van der Waals surface area contributed by atoms with Gasteiger partial charge in [-0.1, -0.05) is 6.42 Å². The van der Waals surface area contributed by atoms with Crippen LogP contribution >= 0.6 is 0 Å². The maximum absolute atomic E-state index is 11.2. The third-order valence-corrected chi connectivity index (χ3v) is 3.05. The number of hydrogen-bond acceptors (Lipinski definition) is 2.